The third-order valence-corrected chi connectivity index (χ3v) is 1.35. The van der Waals surface area contributed by atoms with Gasteiger partial charge in [-0.3, -0.25) is 0 Å². The number of ether oxygens (including phenoxy) is 1. The maximum absolute atomic E-state index is 12.2. The summed E-state index contributed by atoms with van der Waals surface area (Å²) in [4.78, 5) is 10.1. The van der Waals surface area contributed by atoms with Gasteiger partial charge >= 0.3 is 6.16 Å². The number of para-hydroxylation sites is 1. The second kappa shape index (κ2) is 3.84. The van der Waals surface area contributed by atoms with Crippen molar-refractivity contribution in [3.63, 3.8) is 0 Å². The quantitative estimate of drug-likeness (QED) is 0.573. The molecule has 1 N–H and O–H groups in total. The van der Waals surface area contributed by atoms with E-state index >= 15 is 0 Å². The van der Waals surface area contributed by atoms with E-state index < -0.39 is 18.1 Å². The molecule has 0 saturated carbocycles. The minimum absolute atomic E-state index is 0.329. The molecule has 1 rings (SSSR count). The zero-order chi connectivity index (χ0) is 9.84. The lowest BCUT2D eigenvalue weighted by molar-refractivity contribution is 0.132. The van der Waals surface area contributed by atoms with Gasteiger partial charge in [0, 0.05) is 0 Å². The van der Waals surface area contributed by atoms with Crippen molar-refractivity contribution in [2.75, 3.05) is 0 Å². The topological polar surface area (TPSA) is 46.5 Å². The molecule has 70 valence electrons. The molecule has 0 amide bonds. The van der Waals surface area contributed by atoms with Crippen molar-refractivity contribution in [3.05, 3.63) is 29.8 Å². The number of carboxylic acid groups (broad SMARTS) is 1. The highest BCUT2D eigenvalue weighted by Gasteiger charge is 2.14. The van der Waals surface area contributed by atoms with Gasteiger partial charge in [-0.05, 0) is 12.1 Å². The van der Waals surface area contributed by atoms with Gasteiger partial charge in [0.15, 0.2) is 0 Å². The standard InChI is InChI=1S/C8H6F2O3/c9-7(10)5-3-1-2-4-6(5)13-8(11)12/h1-4,7H,(H,11,12). The van der Waals surface area contributed by atoms with Crippen LogP contribution in [0, 0.1) is 0 Å². The number of alkyl halides is 2. The molecule has 0 atom stereocenters. The van der Waals surface area contributed by atoms with Gasteiger partial charge < -0.3 is 9.84 Å². The van der Waals surface area contributed by atoms with Crippen molar-refractivity contribution in [2.45, 2.75) is 6.43 Å². The summed E-state index contributed by atoms with van der Waals surface area (Å²) in [6.07, 6.45) is -4.34. The molecule has 0 aliphatic carbocycles. The van der Waals surface area contributed by atoms with Crippen LogP contribution in [0.25, 0.3) is 0 Å². The normalized spacial score (nSPS) is 10.1. The van der Waals surface area contributed by atoms with E-state index in [-0.39, 0.29) is 5.75 Å². The first-order chi connectivity index (χ1) is 6.11. The van der Waals surface area contributed by atoms with E-state index in [0.717, 1.165) is 6.07 Å². The Kier molecular flexibility index (Phi) is 2.79. The van der Waals surface area contributed by atoms with Crippen LogP contribution in [-0.2, 0) is 0 Å². The van der Waals surface area contributed by atoms with Crippen LogP contribution in [0.1, 0.15) is 12.0 Å². The largest absolute Gasteiger partial charge is 0.511 e. The van der Waals surface area contributed by atoms with Crippen LogP contribution in [0.5, 0.6) is 5.75 Å². The molecule has 0 fully saturated rings. The van der Waals surface area contributed by atoms with Crippen molar-refractivity contribution in [3.8, 4) is 5.75 Å². The van der Waals surface area contributed by atoms with Gasteiger partial charge in [-0.1, -0.05) is 12.1 Å². The summed E-state index contributed by atoms with van der Waals surface area (Å²) in [6, 6.07) is 5.10. The van der Waals surface area contributed by atoms with Crippen LogP contribution in [0.2, 0.25) is 0 Å². The van der Waals surface area contributed by atoms with Crippen LogP contribution in [0.3, 0.4) is 0 Å². The first-order valence-corrected chi connectivity index (χ1v) is 3.39. The minimum atomic E-state index is -2.74. The highest BCUT2D eigenvalue weighted by atomic mass is 19.3. The second-order valence-electron chi connectivity index (χ2n) is 2.21. The van der Waals surface area contributed by atoms with E-state index in [4.69, 9.17) is 5.11 Å². The molecular formula is C8H6F2O3. The lowest BCUT2D eigenvalue weighted by Crippen LogP contribution is -2.05. The summed E-state index contributed by atoms with van der Waals surface area (Å²) >= 11 is 0. The van der Waals surface area contributed by atoms with Crippen molar-refractivity contribution in [2.24, 2.45) is 0 Å². The third kappa shape index (κ3) is 2.40. The summed E-state index contributed by atoms with van der Waals surface area (Å²) in [5.41, 5.74) is -0.426. The van der Waals surface area contributed by atoms with Gasteiger partial charge in [-0.25, -0.2) is 13.6 Å². The molecule has 0 saturated heterocycles. The SMILES string of the molecule is O=C(O)Oc1ccccc1C(F)F. The summed E-state index contributed by atoms with van der Waals surface area (Å²) in [6.45, 7) is 0. The molecule has 13 heavy (non-hydrogen) atoms. The molecule has 5 heteroatoms. The second-order valence-corrected chi connectivity index (χ2v) is 2.21. The highest BCUT2D eigenvalue weighted by Crippen LogP contribution is 2.28. The van der Waals surface area contributed by atoms with Gasteiger partial charge in [-0.2, -0.15) is 0 Å². The molecule has 1 aromatic rings. The van der Waals surface area contributed by atoms with Crippen LogP contribution < -0.4 is 4.74 Å². The summed E-state index contributed by atoms with van der Waals surface area (Å²) in [7, 11) is 0. The molecule has 0 heterocycles. The predicted molar refractivity (Wildman–Crippen MR) is 40.1 cm³/mol. The van der Waals surface area contributed by atoms with Crippen molar-refractivity contribution < 1.29 is 23.4 Å². The van der Waals surface area contributed by atoms with E-state index in [1.54, 1.807) is 0 Å². The van der Waals surface area contributed by atoms with Gasteiger partial charge in [0.2, 0.25) is 0 Å². The third-order valence-electron chi connectivity index (χ3n) is 1.35. The molecule has 0 aliphatic rings. The maximum Gasteiger partial charge on any atom is 0.511 e. The molecule has 3 nitrogen and oxygen atoms in total. The lowest BCUT2D eigenvalue weighted by atomic mass is 10.2. The van der Waals surface area contributed by atoms with Crippen molar-refractivity contribution in [1.82, 2.24) is 0 Å². The summed E-state index contributed by atoms with van der Waals surface area (Å²) in [5.74, 6) is -0.329. The summed E-state index contributed by atoms with van der Waals surface area (Å²) in [5, 5.41) is 8.21. The van der Waals surface area contributed by atoms with E-state index in [2.05, 4.69) is 4.74 Å². The molecular weight excluding hydrogens is 182 g/mol. The fourth-order valence-electron chi connectivity index (χ4n) is 0.848. The van der Waals surface area contributed by atoms with E-state index in [0.29, 0.717) is 0 Å². The number of halogens is 2. The molecule has 0 radical (unpaired) electrons. The Hall–Kier alpha value is -1.65. The van der Waals surface area contributed by atoms with Gasteiger partial charge in [-0.15, -0.1) is 0 Å². The molecule has 0 unspecified atom stereocenters. The smallest absolute Gasteiger partial charge is 0.449 e. The average Bonchev–Trinajstić information content (AvgIpc) is 2.03. The first-order valence-electron chi connectivity index (χ1n) is 3.39. The Balaban J connectivity index is 2.97. The van der Waals surface area contributed by atoms with Crippen molar-refractivity contribution in [1.29, 1.82) is 0 Å². The van der Waals surface area contributed by atoms with E-state index in [1.807, 2.05) is 0 Å². The van der Waals surface area contributed by atoms with E-state index in [1.165, 1.54) is 18.2 Å². The monoisotopic (exact) mass is 188 g/mol. The Morgan fingerprint density at radius 1 is 1.38 bits per heavy atom. The van der Waals surface area contributed by atoms with Crippen molar-refractivity contribution >= 4 is 6.16 Å². The zero-order valence-corrected chi connectivity index (χ0v) is 6.41. The fourth-order valence-corrected chi connectivity index (χ4v) is 0.848. The van der Waals surface area contributed by atoms with Gasteiger partial charge in [0.05, 0.1) is 5.56 Å². The maximum atomic E-state index is 12.2. The molecule has 0 spiro atoms. The Bertz CT molecular complexity index is 312. The molecule has 0 bridgehead atoms. The minimum Gasteiger partial charge on any atom is -0.449 e. The predicted octanol–water partition coefficient (Wildman–Crippen LogP) is 2.68. The Morgan fingerprint density at radius 2 is 2.00 bits per heavy atom. The molecule has 1 aromatic carbocycles. The lowest BCUT2D eigenvalue weighted by Gasteiger charge is -2.05. The van der Waals surface area contributed by atoms with E-state index in [9.17, 15) is 13.6 Å². The Labute approximate surface area is 72.6 Å². The number of rotatable bonds is 2. The fraction of sp³-hybridized carbons (Fsp3) is 0.125. The number of hydrogen-bond donors (Lipinski definition) is 1. The van der Waals surface area contributed by atoms with Crippen LogP contribution >= 0.6 is 0 Å². The number of benzene rings is 1. The molecule has 0 aromatic heterocycles. The van der Waals surface area contributed by atoms with Gasteiger partial charge in [0.1, 0.15) is 5.75 Å². The van der Waals surface area contributed by atoms with Crippen LogP contribution in [-0.4, -0.2) is 11.3 Å². The highest BCUT2D eigenvalue weighted by molar-refractivity contribution is 5.62. The number of carbonyl (C=O) groups is 1. The van der Waals surface area contributed by atoms with Gasteiger partial charge in [0.25, 0.3) is 6.43 Å². The summed E-state index contributed by atoms with van der Waals surface area (Å²) < 4.78 is 28.6. The van der Waals surface area contributed by atoms with Crippen LogP contribution in [0.4, 0.5) is 13.6 Å². The number of hydrogen-bond acceptors (Lipinski definition) is 2. The zero-order valence-electron chi connectivity index (χ0n) is 6.41. The Morgan fingerprint density at radius 3 is 2.54 bits per heavy atom. The molecule has 0 aliphatic heterocycles. The average molecular weight is 188 g/mol. The van der Waals surface area contributed by atoms with Crippen LogP contribution in [0.15, 0.2) is 24.3 Å². The first kappa shape index (κ1) is 9.44.